The second-order valence-electron chi connectivity index (χ2n) is 5.15. The lowest BCUT2D eigenvalue weighted by molar-refractivity contribution is -0.385. The maximum atomic E-state index is 10.8. The molecule has 0 bridgehead atoms. The number of pyridine rings is 1. The van der Waals surface area contributed by atoms with Crippen molar-refractivity contribution < 1.29 is 9.66 Å². The van der Waals surface area contributed by atoms with Gasteiger partial charge in [-0.2, -0.15) is 5.26 Å². The summed E-state index contributed by atoms with van der Waals surface area (Å²) in [5.74, 6) is 1.11. The zero-order chi connectivity index (χ0) is 14.1. The van der Waals surface area contributed by atoms with Crippen LogP contribution in [0.15, 0.2) is 12.1 Å². The highest BCUT2D eigenvalue weighted by atomic mass is 16.6. The van der Waals surface area contributed by atoms with Crippen LogP contribution in [-0.2, 0) is 4.74 Å². The zero-order valence-corrected chi connectivity index (χ0v) is 10.8. The SMILES string of the molecule is N#Cc1nc(NC2CCOC2C2CC2)ccc1[N+](=O)[O-]. The van der Waals surface area contributed by atoms with Crippen LogP contribution in [-0.4, -0.2) is 28.7 Å². The summed E-state index contributed by atoms with van der Waals surface area (Å²) in [6, 6.07) is 4.79. The van der Waals surface area contributed by atoms with Crippen molar-refractivity contribution in [1.82, 2.24) is 4.98 Å². The van der Waals surface area contributed by atoms with Gasteiger partial charge in [0, 0.05) is 12.7 Å². The molecule has 2 atom stereocenters. The first kappa shape index (κ1) is 12.8. The molecule has 2 fully saturated rings. The Balaban J connectivity index is 1.77. The van der Waals surface area contributed by atoms with Crippen LogP contribution in [0.2, 0.25) is 0 Å². The van der Waals surface area contributed by atoms with Crippen LogP contribution in [0.4, 0.5) is 11.5 Å². The van der Waals surface area contributed by atoms with E-state index in [0.717, 1.165) is 13.0 Å². The number of rotatable bonds is 4. The summed E-state index contributed by atoms with van der Waals surface area (Å²) in [6.07, 6.45) is 3.47. The minimum atomic E-state index is -0.596. The number of hydrogen-bond donors (Lipinski definition) is 1. The Hall–Kier alpha value is -2.20. The second-order valence-corrected chi connectivity index (χ2v) is 5.15. The molecule has 1 N–H and O–H groups in total. The predicted octanol–water partition coefficient (Wildman–Crippen LogP) is 1.84. The number of aromatic nitrogens is 1. The molecule has 1 aromatic rings. The smallest absolute Gasteiger partial charge is 0.305 e. The van der Waals surface area contributed by atoms with Crippen molar-refractivity contribution in [3.63, 3.8) is 0 Å². The third-order valence-corrected chi connectivity index (χ3v) is 3.73. The summed E-state index contributed by atoms with van der Waals surface area (Å²) in [5.41, 5.74) is -0.429. The predicted molar refractivity (Wildman–Crippen MR) is 70.1 cm³/mol. The van der Waals surface area contributed by atoms with Gasteiger partial charge in [0.05, 0.1) is 17.1 Å². The van der Waals surface area contributed by atoms with Crippen molar-refractivity contribution in [2.75, 3.05) is 11.9 Å². The van der Waals surface area contributed by atoms with Crippen molar-refractivity contribution in [1.29, 1.82) is 5.26 Å². The third kappa shape index (κ3) is 2.42. The molecule has 2 heterocycles. The molecule has 1 aliphatic carbocycles. The van der Waals surface area contributed by atoms with Gasteiger partial charge in [-0.25, -0.2) is 4.98 Å². The highest BCUT2D eigenvalue weighted by Gasteiger charge is 2.40. The number of ether oxygens (including phenoxy) is 1. The lowest BCUT2D eigenvalue weighted by atomic mass is 10.1. The van der Waals surface area contributed by atoms with Crippen LogP contribution >= 0.6 is 0 Å². The van der Waals surface area contributed by atoms with E-state index in [2.05, 4.69) is 10.3 Å². The first-order valence-electron chi connectivity index (χ1n) is 6.62. The van der Waals surface area contributed by atoms with Gasteiger partial charge in [0.2, 0.25) is 5.69 Å². The van der Waals surface area contributed by atoms with Crippen molar-refractivity contribution in [3.05, 3.63) is 27.9 Å². The van der Waals surface area contributed by atoms with Gasteiger partial charge < -0.3 is 10.1 Å². The maximum Gasteiger partial charge on any atom is 0.305 e. The standard InChI is InChI=1S/C13H14N4O3/c14-7-10-11(17(18)19)3-4-12(16-10)15-9-5-6-20-13(9)8-1-2-8/h3-4,8-9,13H,1-2,5-6H2,(H,15,16). The summed E-state index contributed by atoms with van der Waals surface area (Å²) in [6.45, 7) is 0.719. The Morgan fingerprint density at radius 3 is 2.90 bits per heavy atom. The molecule has 1 aromatic heterocycles. The molecule has 3 rings (SSSR count). The van der Waals surface area contributed by atoms with Crippen LogP contribution < -0.4 is 5.32 Å². The quantitative estimate of drug-likeness (QED) is 0.664. The van der Waals surface area contributed by atoms with E-state index in [-0.39, 0.29) is 23.5 Å². The van der Waals surface area contributed by atoms with Gasteiger partial charge in [0.1, 0.15) is 11.9 Å². The largest absolute Gasteiger partial charge is 0.376 e. The lowest BCUT2D eigenvalue weighted by Gasteiger charge is -2.19. The molecule has 2 aliphatic rings. The normalized spacial score (nSPS) is 25.1. The molecule has 0 spiro atoms. The summed E-state index contributed by atoms with van der Waals surface area (Å²) in [7, 11) is 0. The van der Waals surface area contributed by atoms with Gasteiger partial charge in [-0.1, -0.05) is 0 Å². The molecule has 0 radical (unpaired) electrons. The van der Waals surface area contributed by atoms with Crippen LogP contribution in [0.1, 0.15) is 25.0 Å². The Labute approximate surface area is 115 Å². The van der Waals surface area contributed by atoms with E-state index < -0.39 is 4.92 Å². The fourth-order valence-electron chi connectivity index (χ4n) is 2.61. The first-order chi connectivity index (χ1) is 9.69. The molecule has 0 aromatic carbocycles. The minimum Gasteiger partial charge on any atom is -0.376 e. The summed E-state index contributed by atoms with van der Waals surface area (Å²) in [5, 5.41) is 22.9. The van der Waals surface area contributed by atoms with Crippen LogP contribution in [0, 0.1) is 27.4 Å². The Morgan fingerprint density at radius 2 is 2.25 bits per heavy atom. The number of nitrogens with zero attached hydrogens (tertiary/aromatic N) is 3. The number of nitriles is 1. The lowest BCUT2D eigenvalue weighted by Crippen LogP contribution is -2.31. The summed E-state index contributed by atoms with van der Waals surface area (Å²) >= 11 is 0. The van der Waals surface area contributed by atoms with Gasteiger partial charge in [-0.15, -0.1) is 0 Å². The van der Waals surface area contributed by atoms with E-state index in [1.54, 1.807) is 12.1 Å². The Morgan fingerprint density at radius 1 is 1.45 bits per heavy atom. The van der Waals surface area contributed by atoms with Crippen LogP contribution in [0.3, 0.4) is 0 Å². The van der Waals surface area contributed by atoms with E-state index in [1.165, 1.54) is 18.9 Å². The van der Waals surface area contributed by atoms with E-state index in [9.17, 15) is 10.1 Å². The average molecular weight is 274 g/mol. The van der Waals surface area contributed by atoms with Gasteiger partial charge in [-0.05, 0) is 31.2 Å². The third-order valence-electron chi connectivity index (χ3n) is 3.73. The molecule has 1 aliphatic heterocycles. The molecule has 7 nitrogen and oxygen atoms in total. The fourth-order valence-corrected chi connectivity index (χ4v) is 2.61. The molecular weight excluding hydrogens is 260 g/mol. The number of nitrogens with one attached hydrogen (secondary N) is 1. The number of hydrogen-bond acceptors (Lipinski definition) is 6. The van der Waals surface area contributed by atoms with Crippen molar-refractivity contribution >= 4 is 11.5 Å². The molecule has 1 saturated carbocycles. The van der Waals surface area contributed by atoms with Crippen LogP contribution in [0.25, 0.3) is 0 Å². The van der Waals surface area contributed by atoms with E-state index in [1.807, 2.05) is 0 Å². The van der Waals surface area contributed by atoms with Crippen molar-refractivity contribution in [2.24, 2.45) is 5.92 Å². The molecule has 2 unspecified atom stereocenters. The topological polar surface area (TPSA) is 101 Å². The summed E-state index contributed by atoms with van der Waals surface area (Å²) < 4.78 is 5.72. The fraction of sp³-hybridized carbons (Fsp3) is 0.538. The molecule has 7 heteroatoms. The highest BCUT2D eigenvalue weighted by Crippen LogP contribution is 2.39. The van der Waals surface area contributed by atoms with Crippen molar-refractivity contribution in [2.45, 2.75) is 31.4 Å². The van der Waals surface area contributed by atoms with Gasteiger partial charge in [-0.3, -0.25) is 10.1 Å². The maximum absolute atomic E-state index is 10.8. The first-order valence-corrected chi connectivity index (χ1v) is 6.62. The van der Waals surface area contributed by atoms with Gasteiger partial charge in [0.25, 0.3) is 0 Å². The Kier molecular flexibility index (Phi) is 3.24. The monoisotopic (exact) mass is 274 g/mol. The van der Waals surface area contributed by atoms with Gasteiger partial charge >= 0.3 is 5.69 Å². The molecule has 104 valence electrons. The number of anilines is 1. The minimum absolute atomic E-state index is 0.165. The number of nitro groups is 1. The second kappa shape index (κ2) is 5.06. The van der Waals surface area contributed by atoms with Gasteiger partial charge in [0.15, 0.2) is 0 Å². The highest BCUT2D eigenvalue weighted by molar-refractivity contribution is 5.50. The van der Waals surface area contributed by atoms with E-state index in [4.69, 9.17) is 10.00 Å². The van der Waals surface area contributed by atoms with Crippen LogP contribution in [0.5, 0.6) is 0 Å². The zero-order valence-electron chi connectivity index (χ0n) is 10.8. The average Bonchev–Trinajstić information content (AvgIpc) is 3.19. The van der Waals surface area contributed by atoms with Crippen molar-refractivity contribution in [3.8, 4) is 6.07 Å². The summed E-state index contributed by atoms with van der Waals surface area (Å²) in [4.78, 5) is 14.2. The molecule has 1 saturated heterocycles. The molecule has 0 amide bonds. The molecular formula is C13H14N4O3. The molecule has 20 heavy (non-hydrogen) atoms. The Bertz CT molecular complexity index is 579. The van der Waals surface area contributed by atoms with E-state index in [0.29, 0.717) is 11.7 Å². The van der Waals surface area contributed by atoms with E-state index >= 15 is 0 Å².